The Balaban J connectivity index is 2.23. The quantitative estimate of drug-likeness (QED) is 0.638. The van der Waals surface area contributed by atoms with E-state index in [1.807, 2.05) is 0 Å². The number of nitrogens with one attached hydrogen (secondary N) is 1. The Bertz CT molecular complexity index is 833. The van der Waals surface area contributed by atoms with E-state index in [1.54, 1.807) is 12.1 Å². The van der Waals surface area contributed by atoms with Crippen molar-refractivity contribution in [3.63, 3.8) is 0 Å². The third-order valence-corrected chi connectivity index (χ3v) is 3.50. The van der Waals surface area contributed by atoms with Crippen molar-refractivity contribution in [1.82, 2.24) is 0 Å². The maximum absolute atomic E-state index is 12.5. The van der Waals surface area contributed by atoms with Gasteiger partial charge in [-0.2, -0.15) is 0 Å². The van der Waals surface area contributed by atoms with Crippen LogP contribution in [0, 0.1) is 0 Å². The highest BCUT2D eigenvalue weighted by Crippen LogP contribution is 2.29. The number of methoxy groups -OCH3 is 2. The maximum Gasteiger partial charge on any atom is 0.323 e. The Hall–Kier alpha value is -3.55. The van der Waals surface area contributed by atoms with Crippen LogP contribution in [0.3, 0.4) is 0 Å². The third-order valence-electron chi connectivity index (χ3n) is 3.50. The summed E-state index contributed by atoms with van der Waals surface area (Å²) >= 11 is 0. The number of rotatable bonds is 4. The Morgan fingerprint density at radius 1 is 0.962 bits per heavy atom. The number of amides is 3. The largest absolute Gasteiger partial charge is 0.493 e. The molecule has 2 rings (SSSR count). The van der Waals surface area contributed by atoms with Crippen LogP contribution >= 0.6 is 0 Å². The summed E-state index contributed by atoms with van der Waals surface area (Å²) in [5.41, 5.74) is 6.64. The van der Waals surface area contributed by atoms with Crippen LogP contribution < -0.4 is 25.4 Å². The Kier molecular flexibility index (Phi) is 5.79. The zero-order chi connectivity index (χ0) is 19.3. The van der Waals surface area contributed by atoms with Gasteiger partial charge in [-0.05, 0) is 36.4 Å². The van der Waals surface area contributed by atoms with E-state index in [2.05, 4.69) is 5.32 Å². The number of hydrogen-bond donors (Lipinski definition) is 2. The average molecular weight is 357 g/mol. The van der Waals surface area contributed by atoms with Crippen molar-refractivity contribution < 1.29 is 23.9 Å². The Morgan fingerprint density at radius 2 is 1.58 bits per heavy atom. The molecule has 0 spiro atoms. The minimum Gasteiger partial charge on any atom is -0.493 e. The summed E-state index contributed by atoms with van der Waals surface area (Å²) in [6.45, 7) is 1.19. The zero-order valence-corrected chi connectivity index (χ0v) is 14.6. The van der Waals surface area contributed by atoms with Gasteiger partial charge in [-0.25, -0.2) is 4.90 Å². The monoisotopic (exact) mass is 357 g/mol. The van der Waals surface area contributed by atoms with Crippen LogP contribution in [0.4, 0.5) is 17.1 Å². The smallest absolute Gasteiger partial charge is 0.323 e. The molecule has 0 aliphatic heterocycles. The van der Waals surface area contributed by atoms with Crippen LogP contribution in [0.5, 0.6) is 11.5 Å². The zero-order valence-electron chi connectivity index (χ0n) is 14.6. The molecule has 0 bridgehead atoms. The van der Waals surface area contributed by atoms with Gasteiger partial charge in [-0.3, -0.25) is 14.4 Å². The van der Waals surface area contributed by atoms with Gasteiger partial charge in [-0.15, -0.1) is 0 Å². The van der Waals surface area contributed by atoms with E-state index < -0.39 is 17.7 Å². The molecule has 3 N–H and O–H groups in total. The highest BCUT2D eigenvalue weighted by atomic mass is 16.5. The van der Waals surface area contributed by atoms with Crippen LogP contribution in [0.25, 0.3) is 0 Å². The SMILES string of the molecule is COc1ccc(NC(=O)C(=O)N(C(C)=O)c2ccc(N)cc2)cc1OC. The number of nitrogens with zero attached hydrogens (tertiary/aromatic N) is 1. The number of carbonyl (C=O) groups excluding carboxylic acids is 3. The number of benzene rings is 2. The van der Waals surface area contributed by atoms with Crippen molar-refractivity contribution in [1.29, 1.82) is 0 Å². The maximum atomic E-state index is 12.5. The van der Waals surface area contributed by atoms with E-state index >= 15 is 0 Å². The molecule has 0 radical (unpaired) electrons. The van der Waals surface area contributed by atoms with E-state index in [0.29, 0.717) is 22.9 Å². The molecular formula is C18H19N3O5. The van der Waals surface area contributed by atoms with E-state index in [-0.39, 0.29) is 5.69 Å². The predicted octanol–water partition coefficient (Wildman–Crippen LogP) is 1.80. The van der Waals surface area contributed by atoms with Gasteiger partial charge in [0.25, 0.3) is 0 Å². The van der Waals surface area contributed by atoms with Gasteiger partial charge in [0.05, 0.1) is 19.9 Å². The van der Waals surface area contributed by atoms with E-state index in [9.17, 15) is 14.4 Å². The molecule has 3 amide bonds. The summed E-state index contributed by atoms with van der Waals surface area (Å²) in [6.07, 6.45) is 0. The molecule has 0 saturated heterocycles. The topological polar surface area (TPSA) is 111 Å². The molecule has 0 saturated carbocycles. The number of carbonyl (C=O) groups is 3. The first kappa shape index (κ1) is 18.8. The van der Waals surface area contributed by atoms with Gasteiger partial charge in [-0.1, -0.05) is 0 Å². The summed E-state index contributed by atoms with van der Waals surface area (Å²) in [5.74, 6) is -1.72. The fourth-order valence-corrected chi connectivity index (χ4v) is 2.27. The second kappa shape index (κ2) is 8.02. The summed E-state index contributed by atoms with van der Waals surface area (Å²) in [5, 5.41) is 2.44. The second-order valence-corrected chi connectivity index (χ2v) is 5.27. The molecule has 2 aromatic rings. The van der Waals surface area contributed by atoms with E-state index in [4.69, 9.17) is 15.2 Å². The highest BCUT2D eigenvalue weighted by Gasteiger charge is 2.27. The molecule has 0 atom stereocenters. The highest BCUT2D eigenvalue weighted by molar-refractivity contribution is 6.48. The van der Waals surface area contributed by atoms with Crippen molar-refractivity contribution >= 4 is 34.8 Å². The van der Waals surface area contributed by atoms with Crippen LogP contribution in [-0.2, 0) is 14.4 Å². The van der Waals surface area contributed by atoms with Crippen molar-refractivity contribution in [3.8, 4) is 11.5 Å². The van der Waals surface area contributed by atoms with Crippen LogP contribution in [0.2, 0.25) is 0 Å². The minimum atomic E-state index is -1.02. The minimum absolute atomic E-state index is 0.249. The molecule has 0 aliphatic carbocycles. The first-order valence-electron chi connectivity index (χ1n) is 7.61. The van der Waals surface area contributed by atoms with Crippen molar-refractivity contribution in [2.24, 2.45) is 0 Å². The van der Waals surface area contributed by atoms with Gasteiger partial charge in [0, 0.05) is 24.4 Å². The molecular weight excluding hydrogens is 338 g/mol. The average Bonchev–Trinajstić information content (AvgIpc) is 2.62. The third kappa shape index (κ3) is 4.10. The summed E-state index contributed by atoms with van der Waals surface area (Å²) in [6, 6.07) is 10.7. The van der Waals surface area contributed by atoms with Crippen molar-refractivity contribution in [3.05, 3.63) is 42.5 Å². The fraction of sp³-hybridized carbons (Fsp3) is 0.167. The summed E-state index contributed by atoms with van der Waals surface area (Å²) in [4.78, 5) is 37.4. The van der Waals surface area contributed by atoms with Gasteiger partial charge in [0.1, 0.15) is 0 Å². The second-order valence-electron chi connectivity index (χ2n) is 5.27. The standard InChI is InChI=1S/C18H19N3O5/c1-11(22)21(14-7-4-12(19)5-8-14)18(24)17(23)20-13-6-9-15(25-2)16(10-13)26-3/h4-10H,19H2,1-3H3,(H,20,23). The number of hydrogen-bond acceptors (Lipinski definition) is 6. The number of ether oxygens (including phenoxy) is 2. The molecule has 0 aliphatic rings. The lowest BCUT2D eigenvalue weighted by Gasteiger charge is -2.19. The molecule has 0 unspecified atom stereocenters. The van der Waals surface area contributed by atoms with E-state index in [0.717, 1.165) is 4.90 Å². The first-order chi connectivity index (χ1) is 12.4. The summed E-state index contributed by atoms with van der Waals surface area (Å²) < 4.78 is 10.3. The van der Waals surface area contributed by atoms with Gasteiger partial charge >= 0.3 is 11.8 Å². The van der Waals surface area contributed by atoms with Crippen molar-refractivity contribution in [2.45, 2.75) is 6.92 Å². The normalized spacial score (nSPS) is 9.96. The fourth-order valence-electron chi connectivity index (χ4n) is 2.27. The number of nitrogens with two attached hydrogens (primary N) is 1. The van der Waals surface area contributed by atoms with Gasteiger partial charge < -0.3 is 20.5 Å². The van der Waals surface area contributed by atoms with Crippen LogP contribution in [0.15, 0.2) is 42.5 Å². The molecule has 0 fully saturated rings. The first-order valence-corrected chi connectivity index (χ1v) is 7.61. The number of nitrogen functional groups attached to an aromatic ring is 1. The number of imide groups is 1. The Labute approximate surface area is 150 Å². The lowest BCUT2D eigenvalue weighted by atomic mass is 10.2. The van der Waals surface area contributed by atoms with Gasteiger partial charge in [0.15, 0.2) is 11.5 Å². The Morgan fingerprint density at radius 3 is 2.12 bits per heavy atom. The summed E-state index contributed by atoms with van der Waals surface area (Å²) in [7, 11) is 2.93. The molecule has 8 heteroatoms. The van der Waals surface area contributed by atoms with E-state index in [1.165, 1.54) is 51.5 Å². The molecule has 0 heterocycles. The predicted molar refractivity (Wildman–Crippen MR) is 97.2 cm³/mol. The lowest BCUT2D eigenvalue weighted by molar-refractivity contribution is -0.136. The van der Waals surface area contributed by atoms with Gasteiger partial charge in [0.2, 0.25) is 5.91 Å². The van der Waals surface area contributed by atoms with Crippen LogP contribution in [-0.4, -0.2) is 31.9 Å². The number of anilines is 3. The van der Waals surface area contributed by atoms with Crippen LogP contribution in [0.1, 0.15) is 6.92 Å². The van der Waals surface area contributed by atoms with Crippen molar-refractivity contribution in [2.75, 3.05) is 30.2 Å². The molecule has 2 aromatic carbocycles. The molecule has 26 heavy (non-hydrogen) atoms. The lowest BCUT2D eigenvalue weighted by Crippen LogP contribution is -2.42. The molecule has 0 aromatic heterocycles. The molecule has 8 nitrogen and oxygen atoms in total. The molecule has 136 valence electrons.